The molecule has 1 aliphatic rings. The number of pyridine rings is 1. The Morgan fingerprint density at radius 3 is 2.52 bits per heavy atom. The number of amides is 1. The molecule has 2 heterocycles. The normalized spacial score (nSPS) is 14.9. The summed E-state index contributed by atoms with van der Waals surface area (Å²) in [5.41, 5.74) is 1.45. The van der Waals surface area contributed by atoms with Gasteiger partial charge in [-0.25, -0.2) is 8.42 Å². The highest BCUT2D eigenvalue weighted by Gasteiger charge is 2.26. The predicted octanol–water partition coefficient (Wildman–Crippen LogP) is 3.75. The van der Waals surface area contributed by atoms with E-state index in [1.807, 2.05) is 30.3 Å². The van der Waals surface area contributed by atoms with Crippen LogP contribution in [-0.2, 0) is 14.8 Å². The van der Waals surface area contributed by atoms with Gasteiger partial charge in [0.25, 0.3) is 0 Å². The fraction of sp³-hybridized carbons (Fsp3) is 0.238. The molecule has 0 spiro atoms. The minimum absolute atomic E-state index is 0.155. The van der Waals surface area contributed by atoms with Crippen LogP contribution < -0.4 is 5.32 Å². The summed E-state index contributed by atoms with van der Waals surface area (Å²) < 4.78 is 26.6. The van der Waals surface area contributed by atoms with Crippen LogP contribution in [0.3, 0.4) is 0 Å². The summed E-state index contributed by atoms with van der Waals surface area (Å²) in [5.74, 6) is 0.0850. The molecule has 3 aromatic rings. The highest BCUT2D eigenvalue weighted by Crippen LogP contribution is 2.26. The van der Waals surface area contributed by atoms with Crippen molar-refractivity contribution in [3.63, 3.8) is 0 Å². The molecule has 0 bridgehead atoms. The molecular weight excluding hydrogens is 406 g/mol. The zero-order valence-electron chi connectivity index (χ0n) is 15.7. The van der Waals surface area contributed by atoms with Gasteiger partial charge in [0.2, 0.25) is 15.9 Å². The molecule has 1 aromatic heterocycles. The highest BCUT2D eigenvalue weighted by atomic mass is 32.2. The van der Waals surface area contributed by atoms with Crippen LogP contribution in [0.15, 0.2) is 70.6 Å². The number of hydrogen-bond acceptors (Lipinski definition) is 5. The maximum absolute atomic E-state index is 12.6. The largest absolute Gasteiger partial charge is 0.325 e. The standard InChI is InChI=1S/C21H21N3O3S2/c25-20(15-28-19-7-3-5-16-6-4-12-22-21(16)19)23-17-8-10-18(11-9-17)29(26,27)24-13-1-2-14-24/h3-12H,1-2,13-15H2,(H,23,25). The summed E-state index contributed by atoms with van der Waals surface area (Å²) in [6.07, 6.45) is 3.54. The van der Waals surface area contributed by atoms with Crippen LogP contribution in [-0.4, -0.2) is 42.5 Å². The van der Waals surface area contributed by atoms with Crippen LogP contribution in [0, 0.1) is 0 Å². The third kappa shape index (κ3) is 4.44. The van der Waals surface area contributed by atoms with Gasteiger partial charge in [-0.1, -0.05) is 18.2 Å². The van der Waals surface area contributed by atoms with Crippen molar-refractivity contribution in [1.29, 1.82) is 0 Å². The number of aromatic nitrogens is 1. The molecule has 8 heteroatoms. The molecule has 2 aromatic carbocycles. The number of hydrogen-bond donors (Lipinski definition) is 1. The minimum atomic E-state index is -3.44. The van der Waals surface area contributed by atoms with Gasteiger partial charge in [0, 0.05) is 35.3 Å². The molecule has 0 unspecified atom stereocenters. The van der Waals surface area contributed by atoms with Gasteiger partial charge in [-0.2, -0.15) is 4.31 Å². The molecule has 1 fully saturated rings. The van der Waals surface area contributed by atoms with Crippen molar-refractivity contribution < 1.29 is 13.2 Å². The first kappa shape index (κ1) is 19.9. The van der Waals surface area contributed by atoms with Crippen LogP contribution in [0.1, 0.15) is 12.8 Å². The van der Waals surface area contributed by atoms with Gasteiger partial charge in [-0.15, -0.1) is 11.8 Å². The van der Waals surface area contributed by atoms with E-state index in [-0.39, 0.29) is 16.6 Å². The molecule has 150 valence electrons. The summed E-state index contributed by atoms with van der Waals surface area (Å²) >= 11 is 1.42. The number of para-hydroxylation sites is 1. The smallest absolute Gasteiger partial charge is 0.243 e. The molecule has 6 nitrogen and oxygen atoms in total. The Morgan fingerprint density at radius 2 is 1.76 bits per heavy atom. The topological polar surface area (TPSA) is 79.4 Å². The Labute approximate surface area is 174 Å². The number of rotatable bonds is 6. The summed E-state index contributed by atoms with van der Waals surface area (Å²) in [6.45, 7) is 1.14. The summed E-state index contributed by atoms with van der Waals surface area (Å²) in [6, 6.07) is 16.1. The van der Waals surface area contributed by atoms with Crippen molar-refractivity contribution >= 4 is 44.3 Å². The molecular formula is C21H21N3O3S2. The van der Waals surface area contributed by atoms with E-state index >= 15 is 0 Å². The lowest BCUT2D eigenvalue weighted by atomic mass is 10.2. The molecule has 29 heavy (non-hydrogen) atoms. The van der Waals surface area contributed by atoms with E-state index in [4.69, 9.17) is 0 Å². The number of carbonyl (C=O) groups excluding carboxylic acids is 1. The number of thioether (sulfide) groups is 1. The molecule has 1 aliphatic heterocycles. The number of nitrogens with zero attached hydrogens (tertiary/aromatic N) is 2. The number of nitrogens with one attached hydrogen (secondary N) is 1. The number of carbonyl (C=O) groups is 1. The number of anilines is 1. The lowest BCUT2D eigenvalue weighted by Crippen LogP contribution is -2.27. The SMILES string of the molecule is O=C(CSc1cccc2cccnc12)Nc1ccc(S(=O)(=O)N2CCCC2)cc1. The second kappa shape index (κ2) is 8.52. The molecule has 1 amide bonds. The Bertz CT molecular complexity index is 1120. The van der Waals surface area contributed by atoms with Gasteiger partial charge in [-0.05, 0) is 49.2 Å². The quantitative estimate of drug-likeness (QED) is 0.606. The van der Waals surface area contributed by atoms with Crippen molar-refractivity contribution in [1.82, 2.24) is 9.29 Å². The van der Waals surface area contributed by atoms with Gasteiger partial charge >= 0.3 is 0 Å². The Kier molecular flexibility index (Phi) is 5.84. The summed E-state index contributed by atoms with van der Waals surface area (Å²) in [7, 11) is -3.44. The zero-order valence-corrected chi connectivity index (χ0v) is 17.4. The Morgan fingerprint density at radius 1 is 1.03 bits per heavy atom. The lowest BCUT2D eigenvalue weighted by molar-refractivity contribution is -0.113. The predicted molar refractivity (Wildman–Crippen MR) is 116 cm³/mol. The average molecular weight is 428 g/mol. The second-order valence-electron chi connectivity index (χ2n) is 6.80. The number of benzene rings is 2. The van der Waals surface area contributed by atoms with Gasteiger partial charge in [0.05, 0.1) is 16.2 Å². The van der Waals surface area contributed by atoms with Crippen molar-refractivity contribution in [2.24, 2.45) is 0 Å². The summed E-state index contributed by atoms with van der Waals surface area (Å²) in [4.78, 5) is 17.9. The molecule has 4 rings (SSSR count). The van der Waals surface area contributed by atoms with E-state index < -0.39 is 10.0 Å². The van der Waals surface area contributed by atoms with Crippen LogP contribution in [0.4, 0.5) is 5.69 Å². The van der Waals surface area contributed by atoms with Crippen molar-refractivity contribution in [2.45, 2.75) is 22.6 Å². The van der Waals surface area contributed by atoms with Gasteiger partial charge in [-0.3, -0.25) is 9.78 Å². The highest BCUT2D eigenvalue weighted by molar-refractivity contribution is 8.00. The van der Waals surface area contributed by atoms with E-state index in [2.05, 4.69) is 10.3 Å². The van der Waals surface area contributed by atoms with Crippen LogP contribution in [0.5, 0.6) is 0 Å². The molecule has 0 saturated carbocycles. The number of sulfonamides is 1. The van der Waals surface area contributed by atoms with Crippen LogP contribution in [0.25, 0.3) is 10.9 Å². The fourth-order valence-corrected chi connectivity index (χ4v) is 5.68. The first-order valence-electron chi connectivity index (χ1n) is 9.41. The lowest BCUT2D eigenvalue weighted by Gasteiger charge is -2.15. The molecule has 0 radical (unpaired) electrons. The number of fused-ring (bicyclic) bond motifs is 1. The van der Waals surface area contributed by atoms with E-state index in [9.17, 15) is 13.2 Å². The summed E-state index contributed by atoms with van der Waals surface area (Å²) in [5, 5.41) is 3.85. The maximum atomic E-state index is 12.6. The molecule has 1 saturated heterocycles. The van der Waals surface area contributed by atoms with E-state index in [1.165, 1.54) is 16.1 Å². The third-order valence-corrected chi connectivity index (χ3v) is 7.76. The van der Waals surface area contributed by atoms with Crippen molar-refractivity contribution in [3.05, 3.63) is 60.8 Å². The van der Waals surface area contributed by atoms with Crippen LogP contribution >= 0.6 is 11.8 Å². The second-order valence-corrected chi connectivity index (χ2v) is 9.76. The van der Waals surface area contributed by atoms with Gasteiger partial charge in [0.15, 0.2) is 0 Å². The van der Waals surface area contributed by atoms with Gasteiger partial charge < -0.3 is 5.32 Å². The van der Waals surface area contributed by atoms with E-state index in [0.717, 1.165) is 28.6 Å². The first-order chi connectivity index (χ1) is 14.0. The minimum Gasteiger partial charge on any atom is -0.325 e. The Balaban J connectivity index is 1.38. The molecule has 0 atom stereocenters. The zero-order chi connectivity index (χ0) is 20.3. The fourth-order valence-electron chi connectivity index (χ4n) is 3.32. The molecule has 0 aliphatic carbocycles. The van der Waals surface area contributed by atoms with E-state index in [1.54, 1.807) is 30.5 Å². The molecule has 1 N–H and O–H groups in total. The van der Waals surface area contributed by atoms with Crippen LogP contribution in [0.2, 0.25) is 0 Å². The van der Waals surface area contributed by atoms with Crippen molar-refractivity contribution in [2.75, 3.05) is 24.2 Å². The van der Waals surface area contributed by atoms with E-state index in [0.29, 0.717) is 18.8 Å². The van der Waals surface area contributed by atoms with Crippen molar-refractivity contribution in [3.8, 4) is 0 Å². The first-order valence-corrected chi connectivity index (χ1v) is 11.8. The average Bonchev–Trinajstić information content (AvgIpc) is 3.28. The van der Waals surface area contributed by atoms with Gasteiger partial charge in [0.1, 0.15) is 0 Å². The Hall–Kier alpha value is -2.42. The maximum Gasteiger partial charge on any atom is 0.243 e. The monoisotopic (exact) mass is 427 g/mol. The third-order valence-electron chi connectivity index (χ3n) is 4.80.